The molecule has 1 aliphatic heterocycles. The minimum absolute atomic E-state index is 0.0995. The summed E-state index contributed by atoms with van der Waals surface area (Å²) in [5.74, 6) is 0.630. The van der Waals surface area contributed by atoms with E-state index in [0.29, 0.717) is 49.2 Å². The van der Waals surface area contributed by atoms with E-state index < -0.39 is 16.1 Å². The Morgan fingerprint density at radius 3 is 2.24 bits per heavy atom. The first-order valence-corrected chi connectivity index (χ1v) is 13.9. The summed E-state index contributed by atoms with van der Waals surface area (Å²) in [7, 11) is -3.87. The number of carbonyl (C=O) groups is 1. The number of para-hydroxylation sites is 2. The van der Waals surface area contributed by atoms with Crippen LogP contribution < -0.4 is 9.04 Å². The lowest BCUT2D eigenvalue weighted by atomic mass is 10.2. The van der Waals surface area contributed by atoms with Crippen LogP contribution in [0.3, 0.4) is 0 Å². The van der Waals surface area contributed by atoms with E-state index >= 15 is 0 Å². The zero-order chi connectivity index (χ0) is 26.3. The molecule has 0 aliphatic carbocycles. The topological polar surface area (TPSA) is 90.4 Å². The molecule has 0 unspecified atom stereocenters. The van der Waals surface area contributed by atoms with Crippen molar-refractivity contribution in [1.29, 1.82) is 0 Å². The van der Waals surface area contributed by atoms with Gasteiger partial charge in [-0.3, -0.25) is 9.21 Å². The van der Waals surface area contributed by atoms with Gasteiger partial charge in [0.2, 0.25) is 0 Å². The molecule has 10 heteroatoms. The van der Waals surface area contributed by atoms with Crippen molar-refractivity contribution >= 4 is 33.4 Å². The molecule has 8 nitrogen and oxygen atoms in total. The molecule has 0 atom stereocenters. The van der Waals surface area contributed by atoms with E-state index in [1.54, 1.807) is 36.4 Å². The SMILES string of the molecule is O=C(O)N1CCN(CCCOc2ccccc2CN(c2ccccc2)S(=O)(=O)c2ccc(Cl)cc2)CC1. The molecule has 1 saturated heterocycles. The third kappa shape index (κ3) is 6.94. The third-order valence-electron chi connectivity index (χ3n) is 6.25. The molecule has 0 spiro atoms. The number of hydrogen-bond acceptors (Lipinski definition) is 5. The number of piperazine rings is 1. The maximum atomic E-state index is 13.7. The summed E-state index contributed by atoms with van der Waals surface area (Å²) in [6, 6.07) is 22.6. The van der Waals surface area contributed by atoms with Crippen LogP contribution in [-0.2, 0) is 16.6 Å². The maximum Gasteiger partial charge on any atom is 0.407 e. The molecular formula is C27H30ClN3O5S. The highest BCUT2D eigenvalue weighted by atomic mass is 35.5. The average Bonchev–Trinajstić information content (AvgIpc) is 2.91. The number of hydrogen-bond donors (Lipinski definition) is 1. The lowest BCUT2D eigenvalue weighted by molar-refractivity contribution is 0.103. The molecule has 37 heavy (non-hydrogen) atoms. The summed E-state index contributed by atoms with van der Waals surface area (Å²) >= 11 is 5.98. The van der Waals surface area contributed by atoms with Crippen LogP contribution in [0.1, 0.15) is 12.0 Å². The summed E-state index contributed by atoms with van der Waals surface area (Å²) < 4.78 is 34.8. The van der Waals surface area contributed by atoms with Crippen LogP contribution in [0.4, 0.5) is 10.5 Å². The monoisotopic (exact) mass is 543 g/mol. The summed E-state index contributed by atoms with van der Waals surface area (Å²) in [5.41, 5.74) is 1.30. The predicted molar refractivity (Wildman–Crippen MR) is 144 cm³/mol. The molecule has 0 bridgehead atoms. The summed E-state index contributed by atoms with van der Waals surface area (Å²) in [6.45, 7) is 3.80. The Labute approximate surface area is 222 Å². The van der Waals surface area contributed by atoms with Gasteiger partial charge >= 0.3 is 6.09 Å². The van der Waals surface area contributed by atoms with E-state index in [-0.39, 0.29) is 11.4 Å². The van der Waals surface area contributed by atoms with Crippen molar-refractivity contribution < 1.29 is 23.1 Å². The first kappa shape index (κ1) is 26.8. The van der Waals surface area contributed by atoms with Crippen LogP contribution in [-0.4, -0.2) is 68.7 Å². The van der Waals surface area contributed by atoms with Gasteiger partial charge in [-0.25, -0.2) is 13.2 Å². The lowest BCUT2D eigenvalue weighted by Gasteiger charge is -2.33. The molecule has 0 saturated carbocycles. The molecule has 1 amide bonds. The number of ether oxygens (including phenoxy) is 1. The normalized spacial score (nSPS) is 14.4. The molecule has 1 N–H and O–H groups in total. The minimum atomic E-state index is -3.87. The van der Waals surface area contributed by atoms with Crippen LogP contribution in [0, 0.1) is 0 Å². The molecule has 3 aromatic rings. The first-order chi connectivity index (χ1) is 17.8. The molecule has 3 aromatic carbocycles. The fraction of sp³-hybridized carbons (Fsp3) is 0.296. The molecule has 0 radical (unpaired) electrons. The van der Waals surface area contributed by atoms with Crippen LogP contribution in [0.15, 0.2) is 83.8 Å². The van der Waals surface area contributed by atoms with E-state index in [9.17, 15) is 13.2 Å². The standard InChI is InChI=1S/C27H30ClN3O5S/c28-23-11-13-25(14-12-23)37(34,35)31(24-8-2-1-3-9-24)21-22-7-4-5-10-26(22)36-20-6-15-29-16-18-30(19-17-29)27(32)33/h1-5,7-14H,6,15-21H2,(H,32,33). The zero-order valence-corrected chi connectivity index (χ0v) is 21.9. The minimum Gasteiger partial charge on any atom is -0.493 e. The summed E-state index contributed by atoms with van der Waals surface area (Å²) in [6.07, 6.45) is -0.102. The van der Waals surface area contributed by atoms with Gasteiger partial charge in [0.15, 0.2) is 0 Å². The van der Waals surface area contributed by atoms with Crippen LogP contribution in [0.25, 0.3) is 0 Å². The highest BCUT2D eigenvalue weighted by Crippen LogP contribution is 2.29. The molecular weight excluding hydrogens is 514 g/mol. The molecule has 196 valence electrons. The predicted octanol–water partition coefficient (Wildman–Crippen LogP) is 4.80. The number of amides is 1. The van der Waals surface area contributed by atoms with Gasteiger partial charge in [0, 0.05) is 43.3 Å². The van der Waals surface area contributed by atoms with Gasteiger partial charge in [-0.15, -0.1) is 0 Å². The number of halogens is 1. The number of carboxylic acid groups (broad SMARTS) is 1. The Kier molecular flexibility index (Phi) is 8.91. The smallest absolute Gasteiger partial charge is 0.407 e. The number of nitrogens with zero attached hydrogens (tertiary/aromatic N) is 3. The lowest BCUT2D eigenvalue weighted by Crippen LogP contribution is -2.48. The van der Waals surface area contributed by atoms with Gasteiger partial charge in [0.1, 0.15) is 5.75 Å². The van der Waals surface area contributed by atoms with Crippen LogP contribution in [0.5, 0.6) is 5.75 Å². The molecule has 1 heterocycles. The zero-order valence-electron chi connectivity index (χ0n) is 20.4. The van der Waals surface area contributed by atoms with Crippen molar-refractivity contribution in [3.63, 3.8) is 0 Å². The van der Waals surface area contributed by atoms with Gasteiger partial charge in [0.05, 0.1) is 23.7 Å². The quantitative estimate of drug-likeness (QED) is 0.369. The van der Waals surface area contributed by atoms with Gasteiger partial charge in [-0.1, -0.05) is 48.0 Å². The number of sulfonamides is 1. The van der Waals surface area contributed by atoms with Crippen molar-refractivity contribution in [2.75, 3.05) is 43.6 Å². The van der Waals surface area contributed by atoms with E-state index in [2.05, 4.69) is 4.90 Å². The Bertz CT molecular complexity index is 1280. The van der Waals surface area contributed by atoms with Crippen molar-refractivity contribution in [2.24, 2.45) is 0 Å². The molecule has 1 fully saturated rings. The third-order valence-corrected chi connectivity index (χ3v) is 8.29. The second kappa shape index (κ2) is 12.3. The Morgan fingerprint density at radius 2 is 1.57 bits per heavy atom. The van der Waals surface area contributed by atoms with Crippen LogP contribution in [0.2, 0.25) is 5.02 Å². The van der Waals surface area contributed by atoms with Crippen LogP contribution >= 0.6 is 11.6 Å². The van der Waals surface area contributed by atoms with Crippen molar-refractivity contribution in [2.45, 2.75) is 17.9 Å². The largest absolute Gasteiger partial charge is 0.493 e. The summed E-state index contributed by atoms with van der Waals surface area (Å²) in [5, 5.41) is 9.56. The second-order valence-corrected chi connectivity index (χ2v) is 11.0. The average molecular weight is 544 g/mol. The van der Waals surface area contributed by atoms with Crippen molar-refractivity contribution in [3.8, 4) is 5.75 Å². The fourth-order valence-electron chi connectivity index (χ4n) is 4.21. The summed E-state index contributed by atoms with van der Waals surface area (Å²) in [4.78, 5) is 14.9. The van der Waals surface area contributed by atoms with E-state index in [1.165, 1.54) is 21.3 Å². The number of anilines is 1. The van der Waals surface area contributed by atoms with E-state index in [4.69, 9.17) is 21.4 Å². The Hall–Kier alpha value is -3.27. The maximum absolute atomic E-state index is 13.7. The fourth-order valence-corrected chi connectivity index (χ4v) is 5.77. The molecule has 1 aliphatic rings. The van der Waals surface area contributed by atoms with Crippen molar-refractivity contribution in [1.82, 2.24) is 9.80 Å². The van der Waals surface area contributed by atoms with Gasteiger partial charge in [0.25, 0.3) is 10.0 Å². The number of rotatable bonds is 10. The van der Waals surface area contributed by atoms with Gasteiger partial charge in [-0.05, 0) is 48.9 Å². The van der Waals surface area contributed by atoms with Crippen molar-refractivity contribution in [3.05, 3.63) is 89.4 Å². The highest BCUT2D eigenvalue weighted by molar-refractivity contribution is 7.92. The Balaban J connectivity index is 1.44. The molecule has 0 aromatic heterocycles. The first-order valence-electron chi connectivity index (χ1n) is 12.1. The Morgan fingerprint density at radius 1 is 0.919 bits per heavy atom. The highest BCUT2D eigenvalue weighted by Gasteiger charge is 2.26. The number of benzene rings is 3. The van der Waals surface area contributed by atoms with E-state index in [0.717, 1.165) is 18.5 Å². The van der Waals surface area contributed by atoms with Gasteiger partial charge < -0.3 is 14.7 Å². The second-order valence-electron chi connectivity index (χ2n) is 8.72. The molecule has 4 rings (SSSR count). The van der Waals surface area contributed by atoms with Gasteiger partial charge in [-0.2, -0.15) is 0 Å². The van der Waals surface area contributed by atoms with E-state index in [1.807, 2.05) is 30.3 Å².